The molecule has 0 unspecified atom stereocenters. The van der Waals surface area contributed by atoms with Gasteiger partial charge in [0.25, 0.3) is 0 Å². The number of carbonyl (C=O) groups excluding carboxylic acids is 3. The van der Waals surface area contributed by atoms with Crippen LogP contribution in [0.5, 0.6) is 0 Å². The van der Waals surface area contributed by atoms with Crippen molar-refractivity contribution in [2.24, 2.45) is 0 Å². The second-order valence-electron chi connectivity index (χ2n) is 4.21. The minimum Gasteiger partial charge on any atom is -0.469 e. The highest BCUT2D eigenvalue weighted by Gasteiger charge is 2.25. The first kappa shape index (κ1) is 18.6. The van der Waals surface area contributed by atoms with E-state index in [2.05, 4.69) is 14.2 Å². The summed E-state index contributed by atoms with van der Waals surface area (Å²) in [6.07, 6.45) is 0.303. The molecule has 0 spiro atoms. The number of carbonyl (C=O) groups is 3. The smallest absolute Gasteiger partial charge is 0.305 e. The molecule has 0 heterocycles. The molecule has 0 aromatic heterocycles. The number of rotatable bonds is 9. The third kappa shape index (κ3) is 7.94. The lowest BCUT2D eigenvalue weighted by molar-refractivity contribution is -0.140. The van der Waals surface area contributed by atoms with Gasteiger partial charge in [0, 0.05) is 18.5 Å². The molecule has 0 saturated heterocycles. The molecule has 0 aromatic rings. The second-order valence-corrected chi connectivity index (χ2v) is 7.67. The number of esters is 3. The van der Waals surface area contributed by atoms with E-state index < -0.39 is 25.0 Å². The summed E-state index contributed by atoms with van der Waals surface area (Å²) in [5, 5.41) is 0. The van der Waals surface area contributed by atoms with Crippen LogP contribution in [0.15, 0.2) is 0 Å². The van der Waals surface area contributed by atoms with Crippen molar-refractivity contribution >= 4 is 25.0 Å². The normalized spacial score (nSPS) is 10.8. The van der Waals surface area contributed by atoms with Crippen LogP contribution in [-0.2, 0) is 33.2 Å². The van der Waals surface area contributed by atoms with Crippen molar-refractivity contribution in [3.63, 3.8) is 0 Å². The fourth-order valence-corrected chi connectivity index (χ4v) is 3.97. The Morgan fingerprint density at radius 2 is 0.950 bits per heavy atom. The van der Waals surface area contributed by atoms with Gasteiger partial charge >= 0.3 is 17.9 Å². The van der Waals surface area contributed by atoms with Crippen molar-refractivity contribution in [3.8, 4) is 0 Å². The monoisotopic (exact) mass is 308 g/mol. The highest BCUT2D eigenvalue weighted by Crippen LogP contribution is 2.47. The molecule has 0 bridgehead atoms. The predicted octanol–water partition coefficient (Wildman–Crippen LogP) is 1.04. The third-order valence-corrected chi connectivity index (χ3v) is 5.97. The van der Waals surface area contributed by atoms with Crippen molar-refractivity contribution in [1.29, 1.82) is 0 Å². The fraction of sp³-hybridized carbons (Fsp3) is 0.750. The van der Waals surface area contributed by atoms with Crippen LogP contribution in [0.3, 0.4) is 0 Å². The predicted molar refractivity (Wildman–Crippen MR) is 72.1 cm³/mol. The van der Waals surface area contributed by atoms with Crippen molar-refractivity contribution in [2.45, 2.75) is 19.3 Å². The Morgan fingerprint density at radius 1 is 0.700 bits per heavy atom. The minimum absolute atomic E-state index is 0.00385. The summed E-state index contributed by atoms with van der Waals surface area (Å²) in [6, 6.07) is 0. The average molecular weight is 308 g/mol. The quantitative estimate of drug-likeness (QED) is 0.356. The van der Waals surface area contributed by atoms with E-state index in [0.717, 1.165) is 0 Å². The molecular formula is C12H21O7P. The highest BCUT2D eigenvalue weighted by atomic mass is 31.2. The molecule has 20 heavy (non-hydrogen) atoms. The maximum Gasteiger partial charge on any atom is 0.305 e. The summed E-state index contributed by atoms with van der Waals surface area (Å²) < 4.78 is 26.1. The topological polar surface area (TPSA) is 96.0 Å². The first-order valence-electron chi connectivity index (χ1n) is 6.14. The average Bonchev–Trinajstić information content (AvgIpc) is 2.47. The van der Waals surface area contributed by atoms with Crippen LogP contribution in [-0.4, -0.2) is 57.7 Å². The molecule has 0 aliphatic heterocycles. The fourth-order valence-electron chi connectivity index (χ4n) is 1.53. The molecule has 7 nitrogen and oxygen atoms in total. The zero-order valence-corrected chi connectivity index (χ0v) is 12.9. The largest absolute Gasteiger partial charge is 0.469 e. The van der Waals surface area contributed by atoms with E-state index in [9.17, 15) is 18.9 Å². The van der Waals surface area contributed by atoms with Crippen LogP contribution in [0.1, 0.15) is 19.3 Å². The Kier molecular flexibility index (Phi) is 8.88. The molecule has 116 valence electrons. The number of methoxy groups -OCH3 is 3. The summed E-state index contributed by atoms with van der Waals surface area (Å²) in [5.41, 5.74) is 0. The molecule has 0 N–H and O–H groups in total. The Balaban J connectivity index is 4.56. The van der Waals surface area contributed by atoms with Gasteiger partial charge in [-0.15, -0.1) is 0 Å². The van der Waals surface area contributed by atoms with Crippen molar-refractivity contribution in [1.82, 2.24) is 0 Å². The van der Waals surface area contributed by atoms with E-state index in [4.69, 9.17) is 0 Å². The number of hydrogen-bond donors (Lipinski definition) is 0. The summed E-state index contributed by atoms with van der Waals surface area (Å²) in [6.45, 7) is 0. The molecule has 0 fully saturated rings. The zero-order chi connectivity index (χ0) is 15.6. The van der Waals surface area contributed by atoms with Gasteiger partial charge in [0.2, 0.25) is 0 Å². The van der Waals surface area contributed by atoms with E-state index in [1.165, 1.54) is 21.3 Å². The lowest BCUT2D eigenvalue weighted by Gasteiger charge is -2.16. The van der Waals surface area contributed by atoms with Gasteiger partial charge in [0.1, 0.15) is 0 Å². The first-order valence-corrected chi connectivity index (χ1v) is 8.40. The maximum atomic E-state index is 12.7. The molecule has 0 radical (unpaired) electrons. The zero-order valence-electron chi connectivity index (χ0n) is 12.0. The van der Waals surface area contributed by atoms with Gasteiger partial charge < -0.3 is 18.8 Å². The van der Waals surface area contributed by atoms with E-state index in [-0.39, 0.29) is 37.7 Å². The Labute approximate surface area is 118 Å². The summed E-state index contributed by atoms with van der Waals surface area (Å²) >= 11 is 0. The third-order valence-electron chi connectivity index (χ3n) is 2.85. The van der Waals surface area contributed by atoms with Gasteiger partial charge in [0.15, 0.2) is 0 Å². The summed E-state index contributed by atoms with van der Waals surface area (Å²) in [4.78, 5) is 33.4. The molecule has 0 atom stereocenters. The van der Waals surface area contributed by atoms with Crippen molar-refractivity contribution in [2.75, 3.05) is 39.8 Å². The molecular weight excluding hydrogens is 287 g/mol. The highest BCUT2D eigenvalue weighted by molar-refractivity contribution is 7.64. The molecule has 0 rings (SSSR count). The Morgan fingerprint density at radius 3 is 1.15 bits per heavy atom. The molecule has 0 amide bonds. The number of ether oxygens (including phenoxy) is 3. The SMILES string of the molecule is COC(=O)CCP(=O)(CCC(=O)OC)CCC(=O)OC. The molecule has 0 aromatic carbocycles. The standard InChI is InChI=1S/C12H21O7P/c1-17-10(13)4-7-20(16,8-5-11(14)18-2)9-6-12(15)19-3/h4-9H2,1-3H3. The van der Waals surface area contributed by atoms with Crippen LogP contribution in [0.4, 0.5) is 0 Å². The lowest BCUT2D eigenvalue weighted by atomic mass is 10.5. The molecule has 8 heteroatoms. The molecule has 0 aliphatic carbocycles. The Bertz CT molecular complexity index is 334. The van der Waals surface area contributed by atoms with Gasteiger partial charge in [-0.2, -0.15) is 0 Å². The summed E-state index contributed by atoms with van der Waals surface area (Å²) in [7, 11) is 0.916. The van der Waals surface area contributed by atoms with Gasteiger partial charge in [-0.3, -0.25) is 14.4 Å². The van der Waals surface area contributed by atoms with Crippen LogP contribution in [0.2, 0.25) is 0 Å². The van der Waals surface area contributed by atoms with Crippen LogP contribution in [0, 0.1) is 0 Å². The van der Waals surface area contributed by atoms with Gasteiger partial charge in [-0.25, -0.2) is 0 Å². The van der Waals surface area contributed by atoms with Crippen LogP contribution in [0.25, 0.3) is 0 Å². The van der Waals surface area contributed by atoms with Gasteiger partial charge in [0.05, 0.1) is 47.7 Å². The first-order chi connectivity index (χ1) is 9.36. The van der Waals surface area contributed by atoms with E-state index >= 15 is 0 Å². The van der Waals surface area contributed by atoms with Gasteiger partial charge in [-0.05, 0) is 0 Å². The maximum absolute atomic E-state index is 12.7. The summed E-state index contributed by atoms with van der Waals surface area (Å²) in [5.74, 6) is -1.41. The Hall–Kier alpha value is -1.36. The minimum atomic E-state index is -2.82. The van der Waals surface area contributed by atoms with E-state index in [0.29, 0.717) is 0 Å². The van der Waals surface area contributed by atoms with Gasteiger partial charge in [-0.1, -0.05) is 0 Å². The van der Waals surface area contributed by atoms with Crippen molar-refractivity contribution in [3.05, 3.63) is 0 Å². The van der Waals surface area contributed by atoms with E-state index in [1.807, 2.05) is 0 Å². The van der Waals surface area contributed by atoms with E-state index in [1.54, 1.807) is 0 Å². The van der Waals surface area contributed by atoms with Crippen LogP contribution >= 0.6 is 7.14 Å². The van der Waals surface area contributed by atoms with Crippen molar-refractivity contribution < 1.29 is 33.2 Å². The second kappa shape index (κ2) is 9.53. The number of hydrogen-bond acceptors (Lipinski definition) is 7. The lowest BCUT2D eigenvalue weighted by Crippen LogP contribution is -2.12. The van der Waals surface area contributed by atoms with Crippen LogP contribution < -0.4 is 0 Å². The molecule has 0 saturated carbocycles. The molecule has 0 aliphatic rings.